The molecule has 0 aromatic rings. The molecular weight excluding hydrogens is 188 g/mol. The first-order chi connectivity index (χ1) is 7.02. The zero-order valence-electron chi connectivity index (χ0n) is 10.3. The molecule has 15 heavy (non-hydrogen) atoms. The van der Waals surface area contributed by atoms with Gasteiger partial charge in [-0.3, -0.25) is 0 Å². The van der Waals surface area contributed by atoms with E-state index in [0.717, 1.165) is 26.1 Å². The molecule has 1 atom stereocenters. The highest BCUT2D eigenvalue weighted by Crippen LogP contribution is 2.47. The molecule has 0 amide bonds. The molecule has 0 N–H and O–H groups in total. The lowest BCUT2D eigenvalue weighted by molar-refractivity contribution is -0.200. The second kappa shape index (κ2) is 3.91. The van der Waals surface area contributed by atoms with Crippen LogP contribution >= 0.6 is 0 Å². The lowest BCUT2D eigenvalue weighted by Gasteiger charge is -2.30. The van der Waals surface area contributed by atoms with E-state index < -0.39 is 0 Å². The fourth-order valence-corrected chi connectivity index (χ4v) is 2.71. The first-order valence-corrected chi connectivity index (χ1v) is 5.93. The Labute approximate surface area is 92.6 Å². The van der Waals surface area contributed by atoms with Crippen molar-refractivity contribution < 1.29 is 9.47 Å². The van der Waals surface area contributed by atoms with Gasteiger partial charge >= 0.3 is 0 Å². The monoisotopic (exact) mass is 210 g/mol. The van der Waals surface area contributed by atoms with E-state index in [4.69, 9.17) is 9.47 Å². The zero-order valence-corrected chi connectivity index (χ0v) is 10.3. The van der Waals surface area contributed by atoms with Gasteiger partial charge in [-0.1, -0.05) is 25.0 Å². The van der Waals surface area contributed by atoms with Crippen LogP contribution in [0.5, 0.6) is 0 Å². The maximum absolute atomic E-state index is 5.72. The molecule has 2 rings (SSSR count). The number of hydrogen-bond acceptors (Lipinski definition) is 2. The first kappa shape index (κ1) is 11.2. The fourth-order valence-electron chi connectivity index (χ4n) is 2.71. The molecule has 0 radical (unpaired) electrons. The zero-order chi connectivity index (χ0) is 11.1. The Balaban J connectivity index is 2.12. The predicted octanol–water partition coefficient (Wildman–Crippen LogP) is 3.13. The second-order valence-electron chi connectivity index (χ2n) is 5.47. The molecule has 2 heteroatoms. The smallest absolute Gasteiger partial charge is 0.164 e. The SMILES string of the molecule is CC1=C(C)C(C)(C)CC1C1OCCCO1. The standard InChI is InChI=1S/C13H22O2/c1-9-10(2)13(3,4)8-11(9)12-14-6-5-7-15-12/h11-12H,5-8H2,1-4H3. The summed E-state index contributed by atoms with van der Waals surface area (Å²) in [5.41, 5.74) is 3.32. The summed E-state index contributed by atoms with van der Waals surface area (Å²) in [6.45, 7) is 10.8. The van der Waals surface area contributed by atoms with E-state index in [9.17, 15) is 0 Å². The van der Waals surface area contributed by atoms with Gasteiger partial charge in [-0.15, -0.1) is 0 Å². The van der Waals surface area contributed by atoms with Crippen molar-refractivity contribution in [3.8, 4) is 0 Å². The van der Waals surface area contributed by atoms with Crippen molar-refractivity contribution in [3.63, 3.8) is 0 Å². The highest BCUT2D eigenvalue weighted by Gasteiger charge is 2.40. The summed E-state index contributed by atoms with van der Waals surface area (Å²) in [7, 11) is 0. The first-order valence-electron chi connectivity index (χ1n) is 5.93. The quantitative estimate of drug-likeness (QED) is 0.619. The third-order valence-corrected chi connectivity index (χ3v) is 4.07. The minimum atomic E-state index is 0.00970. The molecule has 1 aliphatic carbocycles. The third-order valence-electron chi connectivity index (χ3n) is 4.07. The van der Waals surface area contributed by atoms with Crippen molar-refractivity contribution in [1.29, 1.82) is 0 Å². The maximum atomic E-state index is 5.72. The van der Waals surface area contributed by atoms with Crippen LogP contribution in [0.25, 0.3) is 0 Å². The molecule has 0 spiro atoms. The Morgan fingerprint density at radius 3 is 2.20 bits per heavy atom. The van der Waals surface area contributed by atoms with Crippen molar-refractivity contribution in [2.45, 2.75) is 46.8 Å². The summed E-state index contributed by atoms with van der Waals surface area (Å²) in [6, 6.07) is 0. The van der Waals surface area contributed by atoms with Crippen LogP contribution in [0.1, 0.15) is 40.5 Å². The number of ether oxygens (including phenoxy) is 2. The molecule has 1 fully saturated rings. The van der Waals surface area contributed by atoms with Gasteiger partial charge in [0.05, 0.1) is 13.2 Å². The molecule has 1 aliphatic heterocycles. The Bertz CT molecular complexity index is 272. The molecule has 0 bridgehead atoms. The van der Waals surface area contributed by atoms with E-state index in [-0.39, 0.29) is 6.29 Å². The molecule has 0 saturated carbocycles. The van der Waals surface area contributed by atoms with E-state index in [0.29, 0.717) is 11.3 Å². The molecule has 1 saturated heterocycles. The van der Waals surface area contributed by atoms with Gasteiger partial charge in [-0.25, -0.2) is 0 Å². The van der Waals surface area contributed by atoms with E-state index in [1.165, 1.54) is 11.1 Å². The normalized spacial score (nSPS) is 32.4. The average molecular weight is 210 g/mol. The van der Waals surface area contributed by atoms with E-state index >= 15 is 0 Å². The molecule has 0 aromatic heterocycles. The van der Waals surface area contributed by atoms with Gasteiger partial charge in [0.1, 0.15) is 0 Å². The third kappa shape index (κ3) is 1.98. The summed E-state index contributed by atoms with van der Waals surface area (Å²) < 4.78 is 11.4. The van der Waals surface area contributed by atoms with Gasteiger partial charge in [0.2, 0.25) is 0 Å². The second-order valence-corrected chi connectivity index (χ2v) is 5.47. The predicted molar refractivity (Wildman–Crippen MR) is 60.6 cm³/mol. The van der Waals surface area contributed by atoms with Crippen molar-refractivity contribution >= 4 is 0 Å². The van der Waals surface area contributed by atoms with Gasteiger partial charge in [0.25, 0.3) is 0 Å². The van der Waals surface area contributed by atoms with Gasteiger partial charge in [0, 0.05) is 5.92 Å². The molecule has 1 unspecified atom stereocenters. The number of allylic oxidation sites excluding steroid dienone is 1. The van der Waals surface area contributed by atoms with Crippen LogP contribution in [-0.2, 0) is 9.47 Å². The summed E-state index contributed by atoms with van der Waals surface area (Å²) in [5.74, 6) is 0.472. The van der Waals surface area contributed by atoms with Crippen molar-refractivity contribution in [3.05, 3.63) is 11.1 Å². The van der Waals surface area contributed by atoms with Crippen LogP contribution in [-0.4, -0.2) is 19.5 Å². The van der Waals surface area contributed by atoms with Gasteiger partial charge in [-0.05, 0) is 32.1 Å². The van der Waals surface area contributed by atoms with Crippen molar-refractivity contribution in [1.82, 2.24) is 0 Å². The molecule has 2 nitrogen and oxygen atoms in total. The highest BCUT2D eigenvalue weighted by atomic mass is 16.7. The van der Waals surface area contributed by atoms with Crippen LogP contribution < -0.4 is 0 Å². The lowest BCUT2D eigenvalue weighted by atomic mass is 9.85. The minimum Gasteiger partial charge on any atom is -0.352 e. The molecule has 1 heterocycles. The van der Waals surface area contributed by atoms with Crippen molar-refractivity contribution in [2.75, 3.05) is 13.2 Å². The lowest BCUT2D eigenvalue weighted by Crippen LogP contribution is -2.32. The summed E-state index contributed by atoms with van der Waals surface area (Å²) in [6.07, 6.45) is 2.21. The fraction of sp³-hybridized carbons (Fsp3) is 0.846. The average Bonchev–Trinajstić information content (AvgIpc) is 2.44. The van der Waals surface area contributed by atoms with Gasteiger partial charge < -0.3 is 9.47 Å². The minimum absolute atomic E-state index is 0.00970. The Morgan fingerprint density at radius 1 is 1.13 bits per heavy atom. The molecule has 86 valence electrons. The van der Waals surface area contributed by atoms with Crippen molar-refractivity contribution in [2.24, 2.45) is 11.3 Å². The Morgan fingerprint density at radius 2 is 1.73 bits per heavy atom. The molecule has 0 aromatic carbocycles. The van der Waals surface area contributed by atoms with E-state index in [2.05, 4.69) is 27.7 Å². The molecule has 2 aliphatic rings. The maximum Gasteiger partial charge on any atom is 0.164 e. The molecular formula is C13H22O2. The number of hydrogen-bond donors (Lipinski definition) is 0. The summed E-state index contributed by atoms with van der Waals surface area (Å²) >= 11 is 0. The van der Waals surface area contributed by atoms with Gasteiger partial charge in [0.15, 0.2) is 6.29 Å². The van der Waals surface area contributed by atoms with E-state index in [1.54, 1.807) is 0 Å². The van der Waals surface area contributed by atoms with E-state index in [1.807, 2.05) is 0 Å². The summed E-state index contributed by atoms with van der Waals surface area (Å²) in [5, 5.41) is 0. The Hall–Kier alpha value is -0.340. The number of rotatable bonds is 1. The Kier molecular flexibility index (Phi) is 2.91. The van der Waals surface area contributed by atoms with Crippen LogP contribution in [0.2, 0.25) is 0 Å². The van der Waals surface area contributed by atoms with Crippen LogP contribution in [0.4, 0.5) is 0 Å². The summed E-state index contributed by atoms with van der Waals surface area (Å²) in [4.78, 5) is 0. The van der Waals surface area contributed by atoms with Crippen LogP contribution in [0.15, 0.2) is 11.1 Å². The van der Waals surface area contributed by atoms with Crippen LogP contribution in [0.3, 0.4) is 0 Å². The topological polar surface area (TPSA) is 18.5 Å². The highest BCUT2D eigenvalue weighted by molar-refractivity contribution is 5.27. The van der Waals surface area contributed by atoms with Gasteiger partial charge in [-0.2, -0.15) is 0 Å². The largest absolute Gasteiger partial charge is 0.352 e. The van der Waals surface area contributed by atoms with Crippen LogP contribution in [0, 0.1) is 11.3 Å².